The van der Waals surface area contributed by atoms with E-state index in [4.69, 9.17) is 31.9 Å². The van der Waals surface area contributed by atoms with Crippen LogP contribution in [0.2, 0.25) is 5.02 Å². The first-order chi connectivity index (χ1) is 15.7. The Labute approximate surface area is 197 Å². The summed E-state index contributed by atoms with van der Waals surface area (Å²) in [4.78, 5) is 44.4. The van der Waals surface area contributed by atoms with Gasteiger partial charge in [0.2, 0.25) is 11.8 Å². The zero-order valence-electron chi connectivity index (χ0n) is 18.8. The molecule has 0 bridgehead atoms. The number of nitrogens with zero attached hydrogens (tertiary/aromatic N) is 3. The molecule has 2 amide bonds. The summed E-state index contributed by atoms with van der Waals surface area (Å²) in [7, 11) is 2.96. The van der Waals surface area contributed by atoms with E-state index in [9.17, 15) is 14.4 Å². The van der Waals surface area contributed by atoms with Gasteiger partial charge in [0.1, 0.15) is 11.4 Å². The highest BCUT2D eigenvalue weighted by atomic mass is 35.5. The van der Waals surface area contributed by atoms with E-state index < -0.39 is 11.9 Å². The summed E-state index contributed by atoms with van der Waals surface area (Å²) in [6.45, 7) is 2.20. The van der Waals surface area contributed by atoms with E-state index in [1.165, 1.54) is 13.2 Å². The molecular weight excluding hydrogens is 454 g/mol. The molecule has 1 aromatic rings. The SMILES string of the molecule is COc1nc(N)c(Cl)cc1C(=O)NC1CCN(CC(=O)N2CCC(C(=O)O)CC2)CC1OC. The van der Waals surface area contributed by atoms with Crippen molar-refractivity contribution < 1.29 is 29.0 Å². The molecule has 0 spiro atoms. The Morgan fingerprint density at radius 1 is 1.24 bits per heavy atom. The molecule has 2 aliphatic heterocycles. The van der Waals surface area contributed by atoms with Crippen LogP contribution in [0.25, 0.3) is 0 Å². The van der Waals surface area contributed by atoms with Crippen molar-refractivity contribution in [1.82, 2.24) is 20.1 Å². The molecule has 3 heterocycles. The van der Waals surface area contributed by atoms with Crippen molar-refractivity contribution in [2.45, 2.75) is 31.4 Å². The van der Waals surface area contributed by atoms with Gasteiger partial charge in [-0.1, -0.05) is 11.6 Å². The van der Waals surface area contributed by atoms with E-state index in [-0.39, 0.29) is 52.8 Å². The van der Waals surface area contributed by atoms with Crippen molar-refractivity contribution in [3.8, 4) is 5.88 Å². The highest BCUT2D eigenvalue weighted by Gasteiger charge is 2.34. The van der Waals surface area contributed by atoms with Crippen LogP contribution in [0, 0.1) is 5.92 Å². The van der Waals surface area contributed by atoms with Gasteiger partial charge in [-0.3, -0.25) is 19.3 Å². The number of carboxylic acid groups (broad SMARTS) is 1. The lowest BCUT2D eigenvalue weighted by Gasteiger charge is -2.39. The zero-order valence-corrected chi connectivity index (χ0v) is 19.5. The van der Waals surface area contributed by atoms with Gasteiger partial charge in [-0.2, -0.15) is 4.98 Å². The summed E-state index contributed by atoms with van der Waals surface area (Å²) in [5, 5.41) is 12.2. The van der Waals surface area contributed by atoms with E-state index in [0.29, 0.717) is 45.4 Å². The number of nitrogens with one attached hydrogen (secondary N) is 1. The smallest absolute Gasteiger partial charge is 0.306 e. The Balaban J connectivity index is 1.55. The van der Waals surface area contributed by atoms with Crippen LogP contribution in [0.1, 0.15) is 29.6 Å². The number of rotatable bonds is 7. The van der Waals surface area contributed by atoms with Gasteiger partial charge in [0.25, 0.3) is 5.91 Å². The number of aromatic nitrogens is 1. The van der Waals surface area contributed by atoms with E-state index in [1.807, 2.05) is 4.90 Å². The molecule has 2 aliphatic rings. The number of carbonyl (C=O) groups is 3. The molecule has 2 unspecified atom stereocenters. The number of hydrogen-bond donors (Lipinski definition) is 3. The summed E-state index contributed by atoms with van der Waals surface area (Å²) in [5.41, 5.74) is 5.86. The zero-order chi connectivity index (χ0) is 24.1. The molecule has 182 valence electrons. The summed E-state index contributed by atoms with van der Waals surface area (Å²) in [6, 6.07) is 1.14. The quantitative estimate of drug-likeness (QED) is 0.503. The molecule has 0 radical (unpaired) electrons. The van der Waals surface area contributed by atoms with Gasteiger partial charge in [-0.05, 0) is 25.3 Å². The van der Waals surface area contributed by atoms with Crippen LogP contribution in [0.3, 0.4) is 0 Å². The second kappa shape index (κ2) is 11.0. The number of carboxylic acids is 1. The molecule has 1 aromatic heterocycles. The van der Waals surface area contributed by atoms with E-state index in [0.717, 1.165) is 0 Å². The second-order valence-corrected chi connectivity index (χ2v) is 8.69. The molecule has 2 saturated heterocycles. The maximum atomic E-state index is 12.9. The Kier molecular flexibility index (Phi) is 8.33. The van der Waals surface area contributed by atoms with Crippen LogP contribution in [0.15, 0.2) is 6.07 Å². The van der Waals surface area contributed by atoms with Gasteiger partial charge >= 0.3 is 5.97 Å². The number of halogens is 1. The van der Waals surface area contributed by atoms with Gasteiger partial charge < -0.3 is 30.5 Å². The molecule has 2 fully saturated rings. The standard InChI is InChI=1S/C21H30ClN5O6/c1-32-16-10-26(11-17(28)27-7-3-12(4-8-27)21(30)31)6-5-15(16)24-19(29)13-9-14(22)18(23)25-20(13)33-2/h9,12,15-16H,3-8,10-11H2,1-2H3,(H2,23,25)(H,24,29)(H,30,31). The molecule has 2 atom stereocenters. The van der Waals surface area contributed by atoms with E-state index in [2.05, 4.69) is 10.3 Å². The van der Waals surface area contributed by atoms with Gasteiger partial charge in [0, 0.05) is 33.3 Å². The molecule has 12 heteroatoms. The third-order valence-electron chi connectivity index (χ3n) is 6.22. The number of pyridine rings is 1. The average Bonchev–Trinajstić information content (AvgIpc) is 2.81. The lowest BCUT2D eigenvalue weighted by atomic mass is 9.97. The number of methoxy groups -OCH3 is 2. The predicted octanol–water partition coefficient (Wildman–Crippen LogP) is 0.468. The van der Waals surface area contributed by atoms with Crippen molar-refractivity contribution in [3.05, 3.63) is 16.7 Å². The molecule has 33 heavy (non-hydrogen) atoms. The summed E-state index contributed by atoms with van der Waals surface area (Å²) in [5.74, 6) is -1.45. The highest BCUT2D eigenvalue weighted by molar-refractivity contribution is 6.33. The van der Waals surface area contributed by atoms with Crippen molar-refractivity contribution in [2.24, 2.45) is 5.92 Å². The van der Waals surface area contributed by atoms with Crippen LogP contribution in [0.4, 0.5) is 5.82 Å². The minimum absolute atomic E-state index is 0.0245. The summed E-state index contributed by atoms with van der Waals surface area (Å²) >= 11 is 6.02. The molecular formula is C21H30ClN5O6. The second-order valence-electron chi connectivity index (χ2n) is 8.28. The first-order valence-corrected chi connectivity index (χ1v) is 11.2. The maximum absolute atomic E-state index is 12.9. The number of likely N-dealkylation sites (tertiary alicyclic amines) is 2. The largest absolute Gasteiger partial charge is 0.481 e. The molecule has 4 N–H and O–H groups in total. The van der Waals surface area contributed by atoms with Gasteiger partial charge in [-0.25, -0.2) is 0 Å². The summed E-state index contributed by atoms with van der Waals surface area (Å²) in [6.07, 6.45) is 1.21. The topological polar surface area (TPSA) is 147 Å². The minimum atomic E-state index is -0.802. The van der Waals surface area contributed by atoms with E-state index >= 15 is 0 Å². The third-order valence-corrected chi connectivity index (χ3v) is 6.53. The fraction of sp³-hybridized carbons (Fsp3) is 0.619. The maximum Gasteiger partial charge on any atom is 0.306 e. The van der Waals surface area contributed by atoms with Crippen LogP contribution in [-0.4, -0.2) is 96.8 Å². The van der Waals surface area contributed by atoms with Crippen molar-refractivity contribution in [2.75, 3.05) is 52.7 Å². The first kappa shape index (κ1) is 25.0. The normalized spacial score (nSPS) is 22.1. The summed E-state index contributed by atoms with van der Waals surface area (Å²) < 4.78 is 10.8. The van der Waals surface area contributed by atoms with Crippen LogP contribution >= 0.6 is 11.6 Å². The number of anilines is 1. The Morgan fingerprint density at radius 2 is 1.94 bits per heavy atom. The molecule has 3 rings (SSSR count). The fourth-order valence-corrected chi connectivity index (χ4v) is 4.40. The fourth-order valence-electron chi connectivity index (χ4n) is 4.25. The third kappa shape index (κ3) is 6.04. The number of aliphatic carboxylic acids is 1. The van der Waals surface area contributed by atoms with Crippen molar-refractivity contribution in [3.63, 3.8) is 0 Å². The highest BCUT2D eigenvalue weighted by Crippen LogP contribution is 2.26. The van der Waals surface area contributed by atoms with Crippen molar-refractivity contribution in [1.29, 1.82) is 0 Å². The first-order valence-electron chi connectivity index (χ1n) is 10.8. The average molecular weight is 484 g/mol. The number of ether oxygens (including phenoxy) is 2. The number of amides is 2. The predicted molar refractivity (Wildman–Crippen MR) is 120 cm³/mol. The molecule has 0 saturated carbocycles. The Bertz CT molecular complexity index is 892. The molecule has 11 nitrogen and oxygen atoms in total. The lowest BCUT2D eigenvalue weighted by Crippen LogP contribution is -2.56. The number of carbonyl (C=O) groups excluding carboxylic acids is 2. The van der Waals surface area contributed by atoms with E-state index in [1.54, 1.807) is 12.0 Å². The molecule has 0 aliphatic carbocycles. The van der Waals surface area contributed by atoms with Gasteiger partial charge in [0.05, 0.1) is 36.7 Å². The number of hydrogen-bond acceptors (Lipinski definition) is 8. The monoisotopic (exact) mass is 483 g/mol. The number of piperidine rings is 2. The Morgan fingerprint density at radius 3 is 2.55 bits per heavy atom. The van der Waals surface area contributed by atoms with Gasteiger partial charge in [-0.15, -0.1) is 0 Å². The van der Waals surface area contributed by atoms with Crippen LogP contribution in [0.5, 0.6) is 5.88 Å². The number of nitrogens with two attached hydrogens (primary N) is 1. The minimum Gasteiger partial charge on any atom is -0.481 e. The lowest BCUT2D eigenvalue weighted by molar-refractivity contribution is -0.146. The molecule has 0 aromatic carbocycles. The number of nitrogen functional groups attached to an aromatic ring is 1. The van der Waals surface area contributed by atoms with Gasteiger partial charge in [0.15, 0.2) is 0 Å². The Hall–Kier alpha value is -2.63. The van der Waals surface area contributed by atoms with Crippen LogP contribution in [-0.2, 0) is 14.3 Å². The van der Waals surface area contributed by atoms with Crippen molar-refractivity contribution >= 4 is 35.2 Å². The van der Waals surface area contributed by atoms with Crippen LogP contribution < -0.4 is 15.8 Å².